The fourth-order valence-electron chi connectivity index (χ4n) is 2.02. The number of hydrogen-bond donors (Lipinski definition) is 2. The first-order valence-corrected chi connectivity index (χ1v) is 7.20. The van der Waals surface area contributed by atoms with E-state index >= 15 is 0 Å². The molecule has 0 radical (unpaired) electrons. The van der Waals surface area contributed by atoms with Crippen LogP contribution in [0.3, 0.4) is 0 Å². The zero-order valence-corrected chi connectivity index (χ0v) is 12.6. The third-order valence-corrected chi connectivity index (χ3v) is 3.70. The van der Waals surface area contributed by atoms with Crippen LogP contribution in [0.1, 0.15) is 42.5 Å². The van der Waals surface area contributed by atoms with E-state index in [9.17, 15) is 13.2 Å². The van der Waals surface area contributed by atoms with Crippen molar-refractivity contribution in [3.63, 3.8) is 0 Å². The molecule has 3 nitrogen and oxygen atoms in total. The van der Waals surface area contributed by atoms with Crippen molar-refractivity contribution in [3.8, 4) is 0 Å². The SMILES string of the molecule is CNC(C)c1cc(/C(C=NC2CC2)=C/N)cc(C(F)(F)F)c1. The van der Waals surface area contributed by atoms with E-state index in [4.69, 9.17) is 5.73 Å². The Labute approximate surface area is 128 Å². The van der Waals surface area contributed by atoms with Gasteiger partial charge in [-0.3, -0.25) is 4.99 Å². The lowest BCUT2D eigenvalue weighted by atomic mass is 9.97. The molecule has 0 saturated heterocycles. The van der Waals surface area contributed by atoms with Gasteiger partial charge < -0.3 is 11.1 Å². The minimum atomic E-state index is -4.40. The molecule has 0 spiro atoms. The van der Waals surface area contributed by atoms with E-state index in [0.717, 1.165) is 25.0 Å². The number of nitrogens with one attached hydrogen (secondary N) is 1. The summed E-state index contributed by atoms with van der Waals surface area (Å²) in [5.41, 5.74) is 6.39. The summed E-state index contributed by atoms with van der Waals surface area (Å²) in [7, 11) is 1.71. The Bertz CT molecular complexity index is 587. The molecular weight excluding hydrogens is 291 g/mol. The summed E-state index contributed by atoms with van der Waals surface area (Å²) in [5, 5.41) is 2.95. The molecule has 120 valence electrons. The van der Waals surface area contributed by atoms with Crippen LogP contribution in [0, 0.1) is 0 Å². The molecule has 1 unspecified atom stereocenters. The second-order valence-electron chi connectivity index (χ2n) is 5.48. The molecule has 0 aliphatic heterocycles. The van der Waals surface area contributed by atoms with Gasteiger partial charge in [0.2, 0.25) is 0 Å². The minimum absolute atomic E-state index is 0.194. The van der Waals surface area contributed by atoms with Gasteiger partial charge in [0, 0.05) is 24.0 Å². The molecule has 1 aliphatic rings. The minimum Gasteiger partial charge on any atom is -0.404 e. The summed E-state index contributed by atoms with van der Waals surface area (Å²) in [6.45, 7) is 1.81. The van der Waals surface area contributed by atoms with Crippen LogP contribution in [0.5, 0.6) is 0 Å². The molecular formula is C16H20F3N3. The Balaban J connectivity index is 2.43. The molecule has 0 bridgehead atoms. The number of alkyl halides is 3. The molecule has 1 fully saturated rings. The molecule has 0 aromatic heterocycles. The highest BCUT2D eigenvalue weighted by atomic mass is 19.4. The summed E-state index contributed by atoms with van der Waals surface area (Å²) < 4.78 is 39.3. The van der Waals surface area contributed by atoms with Crippen LogP contribution in [-0.2, 0) is 6.18 Å². The van der Waals surface area contributed by atoms with Gasteiger partial charge in [-0.15, -0.1) is 0 Å². The van der Waals surface area contributed by atoms with Crippen LogP contribution < -0.4 is 11.1 Å². The maximum atomic E-state index is 13.1. The van der Waals surface area contributed by atoms with Crippen LogP contribution >= 0.6 is 0 Å². The summed E-state index contributed by atoms with van der Waals surface area (Å²) in [4.78, 5) is 4.30. The van der Waals surface area contributed by atoms with E-state index in [2.05, 4.69) is 10.3 Å². The van der Waals surface area contributed by atoms with Gasteiger partial charge in [-0.2, -0.15) is 13.2 Å². The lowest BCUT2D eigenvalue weighted by Gasteiger charge is -2.16. The number of benzene rings is 1. The van der Waals surface area contributed by atoms with Crippen molar-refractivity contribution >= 4 is 11.8 Å². The highest BCUT2D eigenvalue weighted by molar-refractivity contribution is 6.09. The Hall–Kier alpha value is -1.82. The number of halogens is 3. The van der Waals surface area contributed by atoms with Crippen molar-refractivity contribution in [1.29, 1.82) is 0 Å². The number of nitrogens with zero attached hydrogens (tertiary/aromatic N) is 1. The maximum Gasteiger partial charge on any atom is 0.416 e. The molecule has 0 heterocycles. The lowest BCUT2D eigenvalue weighted by Crippen LogP contribution is -2.15. The molecule has 1 aliphatic carbocycles. The first kappa shape index (κ1) is 16.5. The van der Waals surface area contributed by atoms with E-state index < -0.39 is 11.7 Å². The van der Waals surface area contributed by atoms with Gasteiger partial charge in [0.25, 0.3) is 0 Å². The zero-order chi connectivity index (χ0) is 16.3. The summed E-state index contributed by atoms with van der Waals surface area (Å²) >= 11 is 0. The van der Waals surface area contributed by atoms with Gasteiger partial charge in [0.1, 0.15) is 0 Å². The van der Waals surface area contributed by atoms with Crippen molar-refractivity contribution in [2.75, 3.05) is 7.05 Å². The highest BCUT2D eigenvalue weighted by Gasteiger charge is 2.31. The largest absolute Gasteiger partial charge is 0.416 e. The van der Waals surface area contributed by atoms with Crippen LogP contribution in [0.25, 0.3) is 5.57 Å². The lowest BCUT2D eigenvalue weighted by molar-refractivity contribution is -0.137. The summed E-state index contributed by atoms with van der Waals surface area (Å²) in [6.07, 6.45) is 0.527. The average Bonchev–Trinajstić information content (AvgIpc) is 3.30. The molecule has 1 aromatic rings. The van der Waals surface area contributed by atoms with Crippen LogP contribution in [0.15, 0.2) is 29.4 Å². The molecule has 22 heavy (non-hydrogen) atoms. The third kappa shape index (κ3) is 4.10. The van der Waals surface area contributed by atoms with Gasteiger partial charge in [-0.25, -0.2) is 0 Å². The van der Waals surface area contributed by atoms with Gasteiger partial charge in [0.05, 0.1) is 11.6 Å². The number of hydrogen-bond acceptors (Lipinski definition) is 3. The normalized spacial score (nSPS) is 18.0. The molecule has 1 saturated carbocycles. The highest BCUT2D eigenvalue weighted by Crippen LogP contribution is 2.33. The van der Waals surface area contributed by atoms with Gasteiger partial charge in [-0.05, 0) is 56.1 Å². The van der Waals surface area contributed by atoms with Crippen molar-refractivity contribution in [2.24, 2.45) is 10.7 Å². The Kier molecular flexibility index (Phi) is 4.90. The van der Waals surface area contributed by atoms with Crippen molar-refractivity contribution in [2.45, 2.75) is 38.0 Å². The van der Waals surface area contributed by atoms with Crippen molar-refractivity contribution in [3.05, 3.63) is 41.1 Å². The summed E-state index contributed by atoms with van der Waals surface area (Å²) in [6, 6.07) is 4.09. The van der Waals surface area contributed by atoms with Gasteiger partial charge in [-0.1, -0.05) is 0 Å². The number of allylic oxidation sites excluding steroid dienone is 1. The van der Waals surface area contributed by atoms with E-state index in [-0.39, 0.29) is 12.1 Å². The number of aliphatic imine (C=N–C) groups is 1. The van der Waals surface area contributed by atoms with Gasteiger partial charge in [0.15, 0.2) is 0 Å². The predicted molar refractivity (Wildman–Crippen MR) is 82.6 cm³/mol. The molecule has 1 atom stereocenters. The molecule has 6 heteroatoms. The standard InChI is InChI=1S/C16H20F3N3/c1-10(21-2)11-5-12(7-14(6-11)16(17,18)19)13(8-20)9-22-15-3-4-15/h5-10,15,21H,3-4,20H2,1-2H3/b13-8+,22-9?. The van der Waals surface area contributed by atoms with E-state index in [1.165, 1.54) is 6.20 Å². The Morgan fingerprint density at radius 1 is 1.36 bits per heavy atom. The molecule has 1 aromatic carbocycles. The van der Waals surface area contributed by atoms with Crippen molar-refractivity contribution in [1.82, 2.24) is 5.32 Å². The molecule has 3 N–H and O–H groups in total. The van der Waals surface area contributed by atoms with Crippen LogP contribution in [-0.4, -0.2) is 19.3 Å². The maximum absolute atomic E-state index is 13.1. The third-order valence-electron chi connectivity index (χ3n) is 3.70. The average molecular weight is 311 g/mol. The second kappa shape index (κ2) is 6.52. The van der Waals surface area contributed by atoms with Crippen LogP contribution in [0.2, 0.25) is 0 Å². The van der Waals surface area contributed by atoms with E-state index in [0.29, 0.717) is 16.7 Å². The molecule has 2 rings (SSSR count). The second-order valence-corrected chi connectivity index (χ2v) is 5.48. The smallest absolute Gasteiger partial charge is 0.404 e. The monoisotopic (exact) mass is 311 g/mol. The topological polar surface area (TPSA) is 50.4 Å². The predicted octanol–water partition coefficient (Wildman–Crippen LogP) is 3.52. The first-order valence-electron chi connectivity index (χ1n) is 7.20. The molecule has 0 amide bonds. The summed E-state index contributed by atoms with van der Waals surface area (Å²) in [5.74, 6) is 0. The van der Waals surface area contributed by atoms with E-state index in [1.807, 2.05) is 6.92 Å². The number of rotatable bonds is 5. The van der Waals surface area contributed by atoms with E-state index in [1.54, 1.807) is 19.3 Å². The number of nitrogens with two attached hydrogens (primary N) is 1. The quantitative estimate of drug-likeness (QED) is 0.818. The zero-order valence-electron chi connectivity index (χ0n) is 12.6. The van der Waals surface area contributed by atoms with Gasteiger partial charge >= 0.3 is 6.18 Å². The fourth-order valence-corrected chi connectivity index (χ4v) is 2.02. The first-order chi connectivity index (χ1) is 10.3. The fraction of sp³-hybridized carbons (Fsp3) is 0.438. The Morgan fingerprint density at radius 2 is 2.05 bits per heavy atom. The van der Waals surface area contributed by atoms with Crippen molar-refractivity contribution < 1.29 is 13.2 Å². The van der Waals surface area contributed by atoms with Crippen LogP contribution in [0.4, 0.5) is 13.2 Å². The Morgan fingerprint density at radius 3 is 2.55 bits per heavy atom.